The number of rotatable bonds is 5. The van der Waals surface area contributed by atoms with Crippen molar-refractivity contribution in [3.05, 3.63) is 11.1 Å². The van der Waals surface area contributed by atoms with Gasteiger partial charge in [-0.3, -0.25) is 9.79 Å². The average molecular weight is 367 g/mol. The molecule has 1 aromatic rings. The van der Waals surface area contributed by atoms with E-state index in [1.807, 2.05) is 37.7 Å². The molecule has 1 amide bonds. The first-order chi connectivity index (χ1) is 11.9. The normalized spacial score (nSPS) is 16.2. The molecule has 0 atom stereocenters. The van der Waals surface area contributed by atoms with E-state index in [4.69, 9.17) is 0 Å². The molecule has 0 aromatic carbocycles. The molecule has 1 saturated heterocycles. The zero-order chi connectivity index (χ0) is 18.4. The summed E-state index contributed by atoms with van der Waals surface area (Å²) in [6.45, 7) is 6.18. The maximum absolute atomic E-state index is 12.1. The van der Waals surface area contributed by atoms with E-state index >= 15 is 0 Å². The highest BCUT2D eigenvalue weighted by atomic mass is 32.1. The van der Waals surface area contributed by atoms with Gasteiger partial charge in [0.1, 0.15) is 0 Å². The van der Waals surface area contributed by atoms with Crippen LogP contribution in [0.3, 0.4) is 0 Å². The van der Waals surface area contributed by atoms with Gasteiger partial charge >= 0.3 is 0 Å². The van der Waals surface area contributed by atoms with Crippen molar-refractivity contribution in [3.63, 3.8) is 0 Å². The Bertz CT molecular complexity index is 590. The Labute approximate surface area is 154 Å². The smallest absolute Gasteiger partial charge is 0.225 e. The maximum Gasteiger partial charge on any atom is 0.225 e. The van der Waals surface area contributed by atoms with Crippen LogP contribution in [0.5, 0.6) is 0 Å². The van der Waals surface area contributed by atoms with Crippen LogP contribution in [0, 0.1) is 5.92 Å². The van der Waals surface area contributed by atoms with Crippen LogP contribution >= 0.6 is 11.3 Å². The number of hydrogen-bond donors (Lipinski definition) is 2. The molecule has 2 heterocycles. The number of nitrogens with zero attached hydrogens (tertiary/aromatic N) is 4. The van der Waals surface area contributed by atoms with Crippen LogP contribution in [-0.4, -0.2) is 62.0 Å². The van der Waals surface area contributed by atoms with Gasteiger partial charge in [0.25, 0.3) is 0 Å². The zero-order valence-corrected chi connectivity index (χ0v) is 16.7. The molecule has 0 spiro atoms. The van der Waals surface area contributed by atoms with Crippen molar-refractivity contribution in [2.75, 3.05) is 39.1 Å². The number of nitrogens with one attached hydrogen (secondary N) is 2. The molecule has 2 rings (SSSR count). The van der Waals surface area contributed by atoms with Crippen molar-refractivity contribution in [3.8, 4) is 0 Å². The molecule has 140 valence electrons. The molecule has 0 bridgehead atoms. The molecule has 25 heavy (non-hydrogen) atoms. The van der Waals surface area contributed by atoms with Crippen molar-refractivity contribution in [2.45, 2.75) is 39.3 Å². The second kappa shape index (κ2) is 9.03. The molecule has 0 radical (unpaired) electrons. The first-order valence-corrected chi connectivity index (χ1v) is 9.66. The Morgan fingerprint density at radius 2 is 2.12 bits per heavy atom. The standard InChI is InChI=1S/C17H30N6OS/c1-12(2)15(24)23-8-6-13(7-9-23)20-16(18-3)19-10-14-11-25-17(21-14)22(4)5/h11-13H,6-10H2,1-5H3,(H2,18,19,20). The third-order valence-corrected chi connectivity index (χ3v) is 5.28. The topological polar surface area (TPSA) is 72.9 Å². The molecule has 7 nitrogen and oxygen atoms in total. The highest BCUT2D eigenvalue weighted by molar-refractivity contribution is 7.13. The third-order valence-electron chi connectivity index (χ3n) is 4.22. The maximum atomic E-state index is 12.1. The molecule has 1 aromatic heterocycles. The van der Waals surface area contributed by atoms with Crippen LogP contribution in [0.25, 0.3) is 0 Å². The first-order valence-electron chi connectivity index (χ1n) is 8.78. The predicted octanol–water partition coefficient (Wildman–Crippen LogP) is 1.52. The third kappa shape index (κ3) is 5.59. The Morgan fingerprint density at radius 1 is 1.44 bits per heavy atom. The number of hydrogen-bond acceptors (Lipinski definition) is 5. The minimum Gasteiger partial charge on any atom is -0.354 e. The Morgan fingerprint density at radius 3 is 2.64 bits per heavy atom. The number of piperidine rings is 1. The summed E-state index contributed by atoms with van der Waals surface area (Å²) >= 11 is 1.63. The van der Waals surface area contributed by atoms with Gasteiger partial charge in [-0.15, -0.1) is 11.3 Å². The SMILES string of the molecule is CN=C(NCc1csc(N(C)C)n1)NC1CCN(C(=O)C(C)C)CC1. The molecule has 1 aliphatic rings. The minimum absolute atomic E-state index is 0.0732. The van der Waals surface area contributed by atoms with Crippen molar-refractivity contribution < 1.29 is 4.79 Å². The minimum atomic E-state index is 0.0732. The average Bonchev–Trinajstić information content (AvgIpc) is 3.07. The fraction of sp³-hybridized carbons (Fsp3) is 0.706. The van der Waals surface area contributed by atoms with Crippen LogP contribution in [0.1, 0.15) is 32.4 Å². The molecule has 8 heteroatoms. The van der Waals surface area contributed by atoms with Gasteiger partial charge < -0.3 is 20.4 Å². The summed E-state index contributed by atoms with van der Waals surface area (Å²) in [5, 5.41) is 9.84. The van der Waals surface area contributed by atoms with Crippen LogP contribution in [-0.2, 0) is 11.3 Å². The molecule has 0 aliphatic carbocycles. The molecule has 0 saturated carbocycles. The summed E-state index contributed by atoms with van der Waals surface area (Å²) < 4.78 is 0. The van der Waals surface area contributed by atoms with Crippen molar-refractivity contribution in [1.29, 1.82) is 0 Å². The largest absolute Gasteiger partial charge is 0.354 e. The van der Waals surface area contributed by atoms with E-state index in [1.54, 1.807) is 18.4 Å². The van der Waals surface area contributed by atoms with Gasteiger partial charge in [-0.1, -0.05) is 13.8 Å². The number of carbonyl (C=O) groups excluding carboxylic acids is 1. The Hall–Kier alpha value is -1.83. The van der Waals surface area contributed by atoms with Gasteiger partial charge in [-0.05, 0) is 12.8 Å². The molecule has 1 fully saturated rings. The van der Waals surface area contributed by atoms with Crippen molar-refractivity contribution in [1.82, 2.24) is 20.5 Å². The van der Waals surface area contributed by atoms with Crippen LogP contribution in [0.15, 0.2) is 10.4 Å². The van der Waals surface area contributed by atoms with E-state index in [0.29, 0.717) is 12.6 Å². The van der Waals surface area contributed by atoms with Gasteiger partial charge in [-0.2, -0.15) is 0 Å². The van der Waals surface area contributed by atoms with E-state index < -0.39 is 0 Å². The van der Waals surface area contributed by atoms with E-state index in [0.717, 1.165) is 42.7 Å². The summed E-state index contributed by atoms with van der Waals surface area (Å²) in [6, 6.07) is 0.343. The number of anilines is 1. The number of aromatic nitrogens is 1. The lowest BCUT2D eigenvalue weighted by atomic mass is 10.0. The first kappa shape index (κ1) is 19.5. The van der Waals surface area contributed by atoms with Gasteiger partial charge in [-0.25, -0.2) is 4.98 Å². The molecule has 2 N–H and O–H groups in total. The number of amides is 1. The summed E-state index contributed by atoms with van der Waals surface area (Å²) in [4.78, 5) is 24.9. The van der Waals surface area contributed by atoms with Crippen LogP contribution in [0.2, 0.25) is 0 Å². The number of guanidine groups is 1. The summed E-state index contributed by atoms with van der Waals surface area (Å²) in [6.07, 6.45) is 1.89. The summed E-state index contributed by atoms with van der Waals surface area (Å²) in [5.74, 6) is 1.11. The Balaban J connectivity index is 1.78. The lowest BCUT2D eigenvalue weighted by molar-refractivity contribution is -0.135. The number of aliphatic imine (C=N–C) groups is 1. The molecule has 1 aliphatic heterocycles. The lowest BCUT2D eigenvalue weighted by Crippen LogP contribution is -2.50. The van der Waals surface area contributed by atoms with E-state index in [-0.39, 0.29) is 11.8 Å². The van der Waals surface area contributed by atoms with Crippen LogP contribution in [0.4, 0.5) is 5.13 Å². The second-order valence-electron chi connectivity index (χ2n) is 6.84. The van der Waals surface area contributed by atoms with E-state index in [9.17, 15) is 4.79 Å². The fourth-order valence-electron chi connectivity index (χ4n) is 2.75. The fourth-order valence-corrected chi connectivity index (χ4v) is 3.51. The van der Waals surface area contributed by atoms with Gasteiger partial charge in [0.2, 0.25) is 5.91 Å². The van der Waals surface area contributed by atoms with E-state index in [1.165, 1.54) is 0 Å². The predicted molar refractivity (Wildman–Crippen MR) is 104 cm³/mol. The summed E-state index contributed by atoms with van der Waals surface area (Å²) in [7, 11) is 5.76. The lowest BCUT2D eigenvalue weighted by Gasteiger charge is -2.34. The van der Waals surface area contributed by atoms with Gasteiger partial charge in [0.15, 0.2) is 11.1 Å². The quantitative estimate of drug-likeness (QED) is 0.611. The number of carbonyl (C=O) groups is 1. The highest BCUT2D eigenvalue weighted by Gasteiger charge is 2.24. The van der Waals surface area contributed by atoms with Gasteiger partial charge in [0, 0.05) is 51.6 Å². The summed E-state index contributed by atoms with van der Waals surface area (Å²) in [5.41, 5.74) is 1.01. The zero-order valence-electron chi connectivity index (χ0n) is 15.9. The number of likely N-dealkylation sites (tertiary alicyclic amines) is 1. The van der Waals surface area contributed by atoms with E-state index in [2.05, 4.69) is 26.0 Å². The number of thiazole rings is 1. The molecule has 0 unspecified atom stereocenters. The Kier molecular flexibility index (Phi) is 7.04. The van der Waals surface area contributed by atoms with Crippen molar-refractivity contribution >= 4 is 28.3 Å². The second-order valence-corrected chi connectivity index (χ2v) is 7.68. The van der Waals surface area contributed by atoms with Crippen LogP contribution < -0.4 is 15.5 Å². The highest BCUT2D eigenvalue weighted by Crippen LogP contribution is 2.17. The molecular weight excluding hydrogens is 336 g/mol. The molecular formula is C17H30N6OS. The monoisotopic (exact) mass is 366 g/mol. The van der Waals surface area contributed by atoms with Gasteiger partial charge in [0.05, 0.1) is 12.2 Å². The van der Waals surface area contributed by atoms with Crippen molar-refractivity contribution in [2.24, 2.45) is 10.9 Å².